The molecule has 1 aromatic heterocycles. The zero-order valence-corrected chi connectivity index (χ0v) is 25.6. The fourth-order valence-corrected chi connectivity index (χ4v) is 6.70. The summed E-state index contributed by atoms with van der Waals surface area (Å²) in [5, 5.41) is 13.5. The number of aliphatic carboxylic acids is 1. The third-order valence-corrected chi connectivity index (χ3v) is 9.39. The summed E-state index contributed by atoms with van der Waals surface area (Å²) < 4.78 is 26.2. The predicted octanol–water partition coefficient (Wildman–Crippen LogP) is 4.68. The predicted molar refractivity (Wildman–Crippen MR) is 164 cm³/mol. The Bertz CT molecular complexity index is 1690. The zero-order chi connectivity index (χ0) is 31.9. The van der Waals surface area contributed by atoms with E-state index in [-0.39, 0.29) is 36.4 Å². The van der Waals surface area contributed by atoms with Gasteiger partial charge in [0.05, 0.1) is 29.8 Å². The highest BCUT2D eigenvalue weighted by Gasteiger charge is 2.61. The van der Waals surface area contributed by atoms with Gasteiger partial charge in [-0.3, -0.25) is 9.59 Å². The van der Waals surface area contributed by atoms with Crippen molar-refractivity contribution in [3.8, 4) is 23.0 Å². The van der Waals surface area contributed by atoms with E-state index in [9.17, 15) is 23.9 Å². The Hall–Kier alpha value is -4.54. The fraction of sp³-hybridized carbons (Fsp3) is 0.441. The number of methoxy groups -OCH3 is 1. The van der Waals surface area contributed by atoms with E-state index in [4.69, 9.17) is 14.5 Å². The van der Waals surface area contributed by atoms with Crippen molar-refractivity contribution in [1.29, 1.82) is 0 Å². The molecule has 0 spiro atoms. The number of hydrogen-bond acceptors (Lipinski definition) is 7. The Morgan fingerprint density at radius 1 is 1.13 bits per heavy atom. The van der Waals surface area contributed by atoms with Crippen LogP contribution in [-0.2, 0) is 14.4 Å². The molecule has 2 saturated carbocycles. The minimum atomic E-state index is -1.37. The van der Waals surface area contributed by atoms with Gasteiger partial charge in [-0.15, -0.1) is 0 Å². The smallest absolute Gasteiger partial charge is 0.330 e. The topological polar surface area (TPSA) is 131 Å². The highest BCUT2D eigenvalue weighted by Crippen LogP contribution is 2.46. The normalized spacial score (nSPS) is 26.9. The highest BCUT2D eigenvalue weighted by molar-refractivity contribution is 5.94. The van der Waals surface area contributed by atoms with Gasteiger partial charge in [-0.1, -0.05) is 24.3 Å². The van der Waals surface area contributed by atoms with Gasteiger partial charge in [0.2, 0.25) is 17.7 Å². The van der Waals surface area contributed by atoms with E-state index in [0.29, 0.717) is 35.2 Å². The molecule has 0 radical (unpaired) electrons. The molecule has 236 valence electrons. The quantitative estimate of drug-likeness (QED) is 0.395. The molecule has 2 amide bonds. The SMILES string of the molecule is COc1ccc2c(O[C@@H]3C[C@H]4C(=O)N[C@]5(C(=O)O)C[C@H]5C=CCCCCN(C)C(=O)[C@@H]4C3)nc(-c3cccc(F)c3)nc2c1C. The van der Waals surface area contributed by atoms with Gasteiger partial charge in [-0.25, -0.2) is 14.2 Å². The monoisotopic (exact) mass is 616 g/mol. The number of carboxylic acid groups (broad SMARTS) is 1. The lowest BCUT2D eigenvalue weighted by Gasteiger charge is -2.26. The fourth-order valence-electron chi connectivity index (χ4n) is 6.70. The van der Waals surface area contributed by atoms with Crippen LogP contribution < -0.4 is 14.8 Å². The number of amides is 2. The van der Waals surface area contributed by atoms with Crippen molar-refractivity contribution in [2.75, 3.05) is 20.7 Å². The molecule has 2 N–H and O–H groups in total. The van der Waals surface area contributed by atoms with Gasteiger partial charge in [0.25, 0.3) is 0 Å². The summed E-state index contributed by atoms with van der Waals surface area (Å²) in [6.45, 7) is 2.42. The summed E-state index contributed by atoms with van der Waals surface area (Å²) in [6.07, 6.45) is 6.49. The summed E-state index contributed by atoms with van der Waals surface area (Å²) in [5.74, 6) is -2.78. The molecule has 0 saturated heterocycles. The molecule has 0 bridgehead atoms. The minimum Gasteiger partial charge on any atom is -0.496 e. The standard InChI is InChI=1S/C34H37FN4O6/c1-19-27(44-3)13-12-24-28(19)36-29(20-9-8-11-22(35)15-20)37-31(24)45-23-16-25-26(17-23)32(41)39(2)14-7-5-4-6-10-21-18-34(21,33(42)43)38-30(25)40/h6,8-13,15,21,23,25-26H,4-5,7,14,16-18H2,1-3H3,(H,38,40)(H,42,43)/t21-,23-,25-,26-,34-/m1/s1. The second-order valence-corrected chi connectivity index (χ2v) is 12.3. The number of benzene rings is 2. The molecule has 3 aromatic rings. The number of nitrogens with one attached hydrogen (secondary N) is 1. The van der Waals surface area contributed by atoms with Gasteiger partial charge >= 0.3 is 5.97 Å². The molecule has 10 nitrogen and oxygen atoms in total. The molecular formula is C34H37FN4O6. The number of aryl methyl sites for hydroxylation is 1. The van der Waals surface area contributed by atoms with E-state index in [1.807, 2.05) is 19.1 Å². The molecule has 2 heterocycles. The van der Waals surface area contributed by atoms with Crippen molar-refractivity contribution in [3.63, 3.8) is 0 Å². The Morgan fingerprint density at radius 3 is 2.69 bits per heavy atom. The van der Waals surface area contributed by atoms with E-state index in [0.717, 1.165) is 24.8 Å². The number of fused-ring (bicyclic) bond motifs is 3. The van der Waals surface area contributed by atoms with E-state index >= 15 is 0 Å². The molecule has 1 aliphatic heterocycles. The maximum Gasteiger partial charge on any atom is 0.330 e. The maximum absolute atomic E-state index is 14.2. The summed E-state index contributed by atoms with van der Waals surface area (Å²) in [5.41, 5.74) is 0.421. The molecule has 45 heavy (non-hydrogen) atoms. The number of ether oxygens (including phenoxy) is 2. The molecule has 2 aromatic carbocycles. The van der Waals surface area contributed by atoms with E-state index < -0.39 is 41.2 Å². The van der Waals surface area contributed by atoms with Crippen LogP contribution in [0.3, 0.4) is 0 Å². The number of rotatable bonds is 5. The van der Waals surface area contributed by atoms with Crippen LogP contribution in [0.4, 0.5) is 4.39 Å². The van der Waals surface area contributed by atoms with Crippen molar-refractivity contribution in [1.82, 2.24) is 20.2 Å². The van der Waals surface area contributed by atoms with E-state index in [2.05, 4.69) is 10.3 Å². The van der Waals surface area contributed by atoms with Gasteiger partial charge in [0, 0.05) is 30.6 Å². The average molecular weight is 617 g/mol. The van der Waals surface area contributed by atoms with Crippen LogP contribution in [0.25, 0.3) is 22.3 Å². The van der Waals surface area contributed by atoms with Gasteiger partial charge in [-0.05, 0) is 69.7 Å². The lowest BCUT2D eigenvalue weighted by Crippen LogP contribution is -2.49. The number of carbonyl (C=O) groups excluding carboxylic acids is 2. The Morgan fingerprint density at radius 2 is 1.93 bits per heavy atom. The number of nitrogens with zero attached hydrogens (tertiary/aromatic N) is 3. The second-order valence-electron chi connectivity index (χ2n) is 12.3. The first-order valence-corrected chi connectivity index (χ1v) is 15.4. The van der Waals surface area contributed by atoms with Crippen LogP contribution in [0.1, 0.15) is 44.1 Å². The van der Waals surface area contributed by atoms with Gasteiger partial charge in [0.1, 0.15) is 23.2 Å². The van der Waals surface area contributed by atoms with Gasteiger partial charge < -0.3 is 24.8 Å². The van der Waals surface area contributed by atoms with Crippen LogP contribution in [0.5, 0.6) is 11.6 Å². The van der Waals surface area contributed by atoms with E-state index in [1.165, 1.54) is 12.1 Å². The molecule has 0 unspecified atom stereocenters. The number of carbonyl (C=O) groups is 3. The number of aromatic nitrogens is 2. The Labute approximate surface area is 260 Å². The first-order chi connectivity index (χ1) is 21.6. The highest BCUT2D eigenvalue weighted by atomic mass is 19.1. The Balaban J connectivity index is 1.35. The van der Waals surface area contributed by atoms with Crippen molar-refractivity contribution >= 4 is 28.7 Å². The first kappa shape index (κ1) is 30.5. The van der Waals surface area contributed by atoms with Gasteiger partial charge in [-0.2, -0.15) is 4.98 Å². The van der Waals surface area contributed by atoms with Crippen molar-refractivity contribution < 1.29 is 33.4 Å². The second kappa shape index (κ2) is 12.1. The number of halogens is 1. The van der Waals surface area contributed by atoms with Crippen LogP contribution in [0.15, 0.2) is 48.6 Å². The van der Waals surface area contributed by atoms with Crippen molar-refractivity contribution in [2.24, 2.45) is 17.8 Å². The number of hydrogen-bond donors (Lipinski definition) is 2. The summed E-state index contributed by atoms with van der Waals surface area (Å²) in [4.78, 5) is 50.9. The van der Waals surface area contributed by atoms with Crippen molar-refractivity contribution in [3.05, 3.63) is 59.9 Å². The number of carboxylic acids is 1. The summed E-state index contributed by atoms with van der Waals surface area (Å²) >= 11 is 0. The van der Waals surface area contributed by atoms with Crippen molar-refractivity contribution in [2.45, 2.75) is 57.1 Å². The minimum absolute atomic E-state index is 0.167. The van der Waals surface area contributed by atoms with Crippen LogP contribution >= 0.6 is 0 Å². The third-order valence-electron chi connectivity index (χ3n) is 9.39. The molecule has 11 heteroatoms. The van der Waals surface area contributed by atoms with Crippen LogP contribution in [-0.4, -0.2) is 70.1 Å². The van der Waals surface area contributed by atoms with Crippen LogP contribution in [0, 0.1) is 30.5 Å². The largest absolute Gasteiger partial charge is 0.496 e. The first-order valence-electron chi connectivity index (χ1n) is 15.4. The molecule has 2 aliphatic carbocycles. The molecule has 3 aliphatic rings. The Kier molecular flexibility index (Phi) is 8.20. The molecular weight excluding hydrogens is 579 g/mol. The summed E-state index contributed by atoms with van der Waals surface area (Å²) in [6, 6.07) is 9.55. The molecule has 5 atom stereocenters. The summed E-state index contributed by atoms with van der Waals surface area (Å²) in [7, 11) is 3.31. The molecule has 6 rings (SSSR count). The average Bonchev–Trinajstić information content (AvgIpc) is 3.56. The van der Waals surface area contributed by atoms with E-state index in [1.54, 1.807) is 43.3 Å². The lowest BCUT2D eigenvalue weighted by molar-refractivity contribution is -0.145. The third kappa shape index (κ3) is 5.83. The van der Waals surface area contributed by atoms with Gasteiger partial charge in [0.15, 0.2) is 5.82 Å². The maximum atomic E-state index is 14.2. The lowest BCUT2D eigenvalue weighted by atomic mass is 9.93. The number of allylic oxidation sites excluding steroid dienone is 1. The molecule has 2 fully saturated rings. The van der Waals surface area contributed by atoms with Crippen LogP contribution in [0.2, 0.25) is 0 Å². The zero-order valence-electron chi connectivity index (χ0n) is 25.6.